The molecule has 1 heterocycles. The molecule has 0 spiro atoms. The lowest BCUT2D eigenvalue weighted by molar-refractivity contribution is -0.115. The van der Waals surface area contributed by atoms with E-state index in [9.17, 15) is 4.79 Å². The second kappa shape index (κ2) is 14.0. The number of nitrogens with two attached hydrogens (primary N) is 1. The van der Waals surface area contributed by atoms with Crippen molar-refractivity contribution in [3.8, 4) is 5.75 Å². The van der Waals surface area contributed by atoms with E-state index in [4.69, 9.17) is 25.6 Å². The maximum Gasteiger partial charge on any atom is 0.290 e. The summed E-state index contributed by atoms with van der Waals surface area (Å²) >= 11 is 3.07. The number of allylic oxidation sites excluding steroid dienone is 2. The first-order chi connectivity index (χ1) is 19.7. The number of ether oxygens (including phenoxy) is 2. The van der Waals surface area contributed by atoms with E-state index in [1.807, 2.05) is 80.6 Å². The Bertz CT molecular complexity index is 1610. The van der Waals surface area contributed by atoms with Gasteiger partial charge in [0.2, 0.25) is 0 Å². The lowest BCUT2D eigenvalue weighted by Gasteiger charge is -2.17. The van der Waals surface area contributed by atoms with Crippen LogP contribution in [-0.4, -0.2) is 23.8 Å². The van der Waals surface area contributed by atoms with Crippen LogP contribution in [0.4, 0.5) is 5.69 Å². The van der Waals surface area contributed by atoms with Crippen molar-refractivity contribution in [2.45, 2.75) is 38.1 Å². The van der Waals surface area contributed by atoms with Gasteiger partial charge in [-0.1, -0.05) is 24.3 Å². The van der Waals surface area contributed by atoms with Crippen molar-refractivity contribution >= 4 is 50.9 Å². The molecule has 0 saturated carbocycles. The Labute approximate surface area is 248 Å². The summed E-state index contributed by atoms with van der Waals surface area (Å²) in [4.78, 5) is 18.6. The summed E-state index contributed by atoms with van der Waals surface area (Å²) < 4.78 is 15.5. The SMILES string of the molecule is C/C=C(\OC=C(C)C)C(=O)Nc1cccc(SNC(Cc2cccc(C(=N)N)c2)c2nc3ccc(OC)cc3s2)c1. The summed E-state index contributed by atoms with van der Waals surface area (Å²) in [5.41, 5.74) is 9.96. The summed E-state index contributed by atoms with van der Waals surface area (Å²) in [7, 11) is 1.65. The molecule has 0 aliphatic rings. The molecule has 1 aromatic heterocycles. The summed E-state index contributed by atoms with van der Waals surface area (Å²) in [6.45, 7) is 5.56. The van der Waals surface area contributed by atoms with Crippen molar-refractivity contribution < 1.29 is 14.3 Å². The third-order valence-corrected chi connectivity index (χ3v) is 7.93. The average Bonchev–Trinajstić information content (AvgIpc) is 3.39. The van der Waals surface area contributed by atoms with Gasteiger partial charge in [0, 0.05) is 16.1 Å². The highest BCUT2D eigenvalue weighted by Gasteiger charge is 2.19. The Balaban J connectivity index is 1.55. The molecule has 1 unspecified atom stereocenters. The Morgan fingerprint density at radius 1 is 1.15 bits per heavy atom. The molecule has 0 fully saturated rings. The van der Waals surface area contributed by atoms with E-state index in [1.165, 1.54) is 11.9 Å². The number of carbonyl (C=O) groups excluding carboxylic acids is 1. The van der Waals surface area contributed by atoms with Gasteiger partial charge in [-0.05, 0) is 98.8 Å². The van der Waals surface area contributed by atoms with Crippen molar-refractivity contribution in [3.05, 3.63) is 107 Å². The fraction of sp³-hybridized carbons (Fsp3) is 0.194. The molecule has 10 heteroatoms. The molecule has 1 atom stereocenters. The minimum Gasteiger partial charge on any atom is -0.497 e. The monoisotopic (exact) mass is 587 g/mol. The Kier molecular flexibility index (Phi) is 10.2. The molecule has 3 aromatic carbocycles. The molecule has 5 N–H and O–H groups in total. The summed E-state index contributed by atoms with van der Waals surface area (Å²) in [5, 5.41) is 11.7. The number of anilines is 1. The van der Waals surface area contributed by atoms with Crippen LogP contribution in [0.1, 0.15) is 42.9 Å². The fourth-order valence-electron chi connectivity index (χ4n) is 3.88. The average molecular weight is 588 g/mol. The molecule has 212 valence electrons. The molecule has 4 rings (SSSR count). The van der Waals surface area contributed by atoms with E-state index in [0.29, 0.717) is 17.7 Å². The van der Waals surface area contributed by atoms with E-state index < -0.39 is 0 Å². The number of hydrogen-bond donors (Lipinski definition) is 4. The van der Waals surface area contributed by atoms with Crippen molar-refractivity contribution in [1.82, 2.24) is 9.71 Å². The third-order valence-electron chi connectivity index (χ3n) is 5.91. The normalized spacial score (nSPS) is 12.0. The maximum absolute atomic E-state index is 12.7. The molecule has 1 amide bonds. The zero-order valence-corrected chi connectivity index (χ0v) is 25.0. The highest BCUT2D eigenvalue weighted by Crippen LogP contribution is 2.33. The number of nitrogens with one attached hydrogen (secondary N) is 3. The van der Waals surface area contributed by atoms with Crippen LogP contribution in [0.5, 0.6) is 5.75 Å². The van der Waals surface area contributed by atoms with Gasteiger partial charge in [-0.15, -0.1) is 11.3 Å². The zero-order chi connectivity index (χ0) is 29.4. The van der Waals surface area contributed by atoms with Gasteiger partial charge in [-0.2, -0.15) is 0 Å². The summed E-state index contributed by atoms with van der Waals surface area (Å²) in [6, 6.07) is 21.0. The second-order valence-electron chi connectivity index (χ2n) is 9.42. The molecule has 0 radical (unpaired) electrons. The number of carbonyl (C=O) groups is 1. The van der Waals surface area contributed by atoms with E-state index in [-0.39, 0.29) is 23.5 Å². The van der Waals surface area contributed by atoms with Gasteiger partial charge in [0.05, 0.1) is 29.6 Å². The quantitative estimate of drug-likeness (QED) is 0.0465. The number of rotatable bonds is 12. The first-order valence-electron chi connectivity index (χ1n) is 12.9. The highest BCUT2D eigenvalue weighted by molar-refractivity contribution is 7.97. The molecule has 0 saturated heterocycles. The van der Waals surface area contributed by atoms with Crippen molar-refractivity contribution in [3.63, 3.8) is 0 Å². The predicted molar refractivity (Wildman–Crippen MR) is 168 cm³/mol. The van der Waals surface area contributed by atoms with Gasteiger partial charge in [0.15, 0.2) is 5.76 Å². The van der Waals surface area contributed by atoms with E-state index in [1.54, 1.807) is 37.7 Å². The number of nitrogen functional groups attached to an aromatic ring is 1. The van der Waals surface area contributed by atoms with Crippen LogP contribution in [0.15, 0.2) is 95.3 Å². The van der Waals surface area contributed by atoms with E-state index >= 15 is 0 Å². The van der Waals surface area contributed by atoms with Crippen molar-refractivity contribution in [2.75, 3.05) is 12.4 Å². The standard InChI is InChI=1S/C31H33N5O3S2/c1-5-27(39-18-19(2)3)30(37)34-22-10-7-11-24(16-22)41-36-26(15-20-8-6-9-21(14-20)29(32)33)31-35-25-13-12-23(38-4)17-28(25)40-31/h5-14,16-18,26,36H,15H2,1-4H3,(H3,32,33)(H,34,37)/b27-5-. The number of amidine groups is 1. The maximum atomic E-state index is 12.7. The van der Waals surface area contributed by atoms with Crippen LogP contribution in [0.2, 0.25) is 0 Å². The number of methoxy groups -OCH3 is 1. The van der Waals surface area contributed by atoms with Gasteiger partial charge < -0.3 is 20.5 Å². The van der Waals surface area contributed by atoms with Crippen molar-refractivity contribution in [1.29, 1.82) is 5.41 Å². The number of thiazole rings is 1. The van der Waals surface area contributed by atoms with Gasteiger partial charge in [0.1, 0.15) is 16.6 Å². The van der Waals surface area contributed by atoms with E-state index in [2.05, 4.69) is 10.0 Å². The first kappa shape index (κ1) is 29.9. The van der Waals surface area contributed by atoms with Crippen LogP contribution < -0.4 is 20.5 Å². The first-order valence-corrected chi connectivity index (χ1v) is 14.6. The van der Waals surface area contributed by atoms with Gasteiger partial charge in [-0.3, -0.25) is 10.2 Å². The summed E-state index contributed by atoms with van der Waals surface area (Å²) in [6.07, 6.45) is 3.82. The number of hydrogen-bond acceptors (Lipinski definition) is 8. The number of nitrogens with zero attached hydrogens (tertiary/aromatic N) is 1. The third kappa shape index (κ3) is 8.20. The van der Waals surface area contributed by atoms with Crippen LogP contribution in [0.25, 0.3) is 10.2 Å². The topological polar surface area (TPSA) is 122 Å². The molecular weight excluding hydrogens is 555 g/mol. The van der Waals surface area contributed by atoms with E-state index in [0.717, 1.165) is 37.0 Å². The van der Waals surface area contributed by atoms with Gasteiger partial charge >= 0.3 is 0 Å². The number of benzene rings is 3. The molecule has 0 bridgehead atoms. The lowest BCUT2D eigenvalue weighted by Crippen LogP contribution is -2.18. The zero-order valence-electron chi connectivity index (χ0n) is 23.4. The molecule has 0 aliphatic heterocycles. The molecule has 4 aromatic rings. The second-order valence-corrected chi connectivity index (χ2v) is 11.4. The van der Waals surface area contributed by atoms with Crippen LogP contribution in [0, 0.1) is 5.41 Å². The lowest BCUT2D eigenvalue weighted by atomic mass is 10.0. The Hall–Kier alpha value is -4.12. The van der Waals surface area contributed by atoms with Gasteiger partial charge in [0.25, 0.3) is 5.91 Å². The summed E-state index contributed by atoms with van der Waals surface area (Å²) in [5.74, 6) is 0.715. The minimum absolute atomic E-state index is 0.0315. The van der Waals surface area contributed by atoms with Gasteiger partial charge in [-0.25, -0.2) is 9.71 Å². The van der Waals surface area contributed by atoms with Crippen LogP contribution >= 0.6 is 23.3 Å². The van der Waals surface area contributed by atoms with Crippen LogP contribution in [-0.2, 0) is 16.0 Å². The molecular formula is C31H33N5O3S2. The Morgan fingerprint density at radius 3 is 2.68 bits per heavy atom. The minimum atomic E-state index is -0.326. The van der Waals surface area contributed by atoms with Crippen LogP contribution in [0.3, 0.4) is 0 Å². The fourth-order valence-corrected chi connectivity index (χ4v) is 5.81. The number of amides is 1. The molecule has 8 nitrogen and oxygen atoms in total. The Morgan fingerprint density at radius 2 is 1.95 bits per heavy atom. The molecule has 41 heavy (non-hydrogen) atoms. The number of fused-ring (bicyclic) bond motifs is 1. The number of aromatic nitrogens is 1. The molecule has 0 aliphatic carbocycles. The van der Waals surface area contributed by atoms with Crippen molar-refractivity contribution in [2.24, 2.45) is 5.73 Å². The highest BCUT2D eigenvalue weighted by atomic mass is 32.2. The predicted octanol–water partition coefficient (Wildman–Crippen LogP) is 6.95. The smallest absolute Gasteiger partial charge is 0.290 e. The largest absolute Gasteiger partial charge is 0.497 e.